The van der Waals surface area contributed by atoms with Crippen molar-refractivity contribution in [2.75, 3.05) is 19.1 Å². The van der Waals surface area contributed by atoms with Crippen molar-refractivity contribution >= 4 is 5.82 Å². The molecule has 3 N–H and O–H groups in total. The fourth-order valence-electron chi connectivity index (χ4n) is 1.63. The van der Waals surface area contributed by atoms with Gasteiger partial charge in [-0.2, -0.15) is 0 Å². The molecule has 0 saturated carbocycles. The predicted molar refractivity (Wildman–Crippen MR) is 75.1 cm³/mol. The van der Waals surface area contributed by atoms with Gasteiger partial charge in [0.2, 0.25) is 5.88 Å². The van der Waals surface area contributed by atoms with E-state index in [2.05, 4.69) is 15.4 Å². The van der Waals surface area contributed by atoms with Crippen LogP contribution in [0.1, 0.15) is 45.6 Å². The first kappa shape index (κ1) is 15.7. The molecular formula is C13H24N4O2. The van der Waals surface area contributed by atoms with Crippen LogP contribution in [0.25, 0.3) is 0 Å². The number of rotatable bonds is 7. The van der Waals surface area contributed by atoms with Gasteiger partial charge in [-0.1, -0.05) is 13.8 Å². The van der Waals surface area contributed by atoms with Gasteiger partial charge in [-0.05, 0) is 19.8 Å². The third-order valence-corrected chi connectivity index (χ3v) is 3.06. The van der Waals surface area contributed by atoms with Gasteiger partial charge < -0.3 is 14.9 Å². The minimum absolute atomic E-state index is 0.208. The lowest BCUT2D eigenvalue weighted by Crippen LogP contribution is -2.25. The first-order valence-corrected chi connectivity index (χ1v) is 6.40. The Balaban J connectivity index is 2.78. The van der Waals surface area contributed by atoms with Crippen molar-refractivity contribution in [1.29, 1.82) is 0 Å². The molecule has 1 aromatic rings. The maximum atomic E-state index is 5.75. The van der Waals surface area contributed by atoms with Gasteiger partial charge >= 0.3 is 0 Å². The van der Waals surface area contributed by atoms with E-state index in [0.717, 1.165) is 12.0 Å². The number of hydrogen-bond donors (Lipinski definition) is 2. The molecule has 0 saturated heterocycles. The lowest BCUT2D eigenvalue weighted by Gasteiger charge is -2.23. The average molecular weight is 268 g/mol. The number of methoxy groups -OCH3 is 1. The molecule has 0 aliphatic heterocycles. The Morgan fingerprint density at radius 2 is 2.05 bits per heavy atom. The van der Waals surface area contributed by atoms with E-state index in [9.17, 15) is 0 Å². The van der Waals surface area contributed by atoms with Gasteiger partial charge in [0.25, 0.3) is 0 Å². The van der Waals surface area contributed by atoms with Crippen LogP contribution in [-0.4, -0.2) is 29.3 Å². The second-order valence-electron chi connectivity index (χ2n) is 5.30. The molecule has 19 heavy (non-hydrogen) atoms. The van der Waals surface area contributed by atoms with Crippen molar-refractivity contribution in [3.8, 4) is 5.88 Å². The Hall–Kier alpha value is -1.40. The number of nitrogen functional groups attached to an aromatic ring is 1. The summed E-state index contributed by atoms with van der Waals surface area (Å²) in [5.41, 5.74) is 3.26. The highest BCUT2D eigenvalue weighted by Crippen LogP contribution is 2.29. The summed E-state index contributed by atoms with van der Waals surface area (Å²) in [5.74, 6) is 6.86. The third kappa shape index (κ3) is 4.33. The third-order valence-electron chi connectivity index (χ3n) is 3.06. The predicted octanol–water partition coefficient (Wildman–Crippen LogP) is 2.08. The summed E-state index contributed by atoms with van der Waals surface area (Å²) in [6.45, 7) is 8.66. The lowest BCUT2D eigenvalue weighted by atomic mass is 10.1. The Labute approximate surface area is 114 Å². The number of ether oxygens (including phenoxy) is 2. The van der Waals surface area contributed by atoms with Crippen LogP contribution >= 0.6 is 0 Å². The summed E-state index contributed by atoms with van der Waals surface area (Å²) in [4.78, 5) is 8.28. The van der Waals surface area contributed by atoms with Crippen LogP contribution < -0.4 is 16.0 Å². The number of nitrogens with zero attached hydrogens (tertiary/aromatic N) is 2. The molecule has 6 heteroatoms. The van der Waals surface area contributed by atoms with Gasteiger partial charge in [0, 0.05) is 13.5 Å². The SMILES string of the molecule is COC(C)(C)CCOc1ncnc(NN)c1C(C)C. The maximum absolute atomic E-state index is 5.75. The lowest BCUT2D eigenvalue weighted by molar-refractivity contribution is 0.00498. The molecule has 0 bridgehead atoms. The van der Waals surface area contributed by atoms with Crippen LogP contribution in [0.4, 0.5) is 5.82 Å². The Kier molecular flexibility index (Phi) is 5.50. The summed E-state index contributed by atoms with van der Waals surface area (Å²) < 4.78 is 11.1. The molecule has 0 atom stereocenters. The number of hydrogen-bond acceptors (Lipinski definition) is 6. The van der Waals surface area contributed by atoms with Gasteiger partial charge in [-0.3, -0.25) is 0 Å². The van der Waals surface area contributed by atoms with E-state index in [0.29, 0.717) is 18.3 Å². The molecule has 0 aliphatic rings. The molecule has 0 unspecified atom stereocenters. The molecule has 1 heterocycles. The number of nitrogens with one attached hydrogen (secondary N) is 1. The molecule has 0 aliphatic carbocycles. The minimum Gasteiger partial charge on any atom is -0.477 e. The van der Waals surface area contributed by atoms with Crippen LogP contribution in [-0.2, 0) is 4.74 Å². The number of nitrogens with two attached hydrogens (primary N) is 1. The van der Waals surface area contributed by atoms with E-state index < -0.39 is 0 Å². The van der Waals surface area contributed by atoms with Gasteiger partial charge in [-0.25, -0.2) is 15.8 Å². The topological polar surface area (TPSA) is 82.3 Å². The average Bonchev–Trinajstić information content (AvgIpc) is 2.37. The molecule has 0 fully saturated rings. The Morgan fingerprint density at radius 3 is 2.58 bits per heavy atom. The second-order valence-corrected chi connectivity index (χ2v) is 5.30. The zero-order valence-electron chi connectivity index (χ0n) is 12.4. The quantitative estimate of drug-likeness (QED) is 0.582. The molecule has 0 aromatic carbocycles. The normalized spacial score (nSPS) is 11.7. The monoisotopic (exact) mass is 268 g/mol. The number of aromatic nitrogens is 2. The number of anilines is 1. The van der Waals surface area contributed by atoms with Crippen molar-refractivity contribution in [1.82, 2.24) is 9.97 Å². The minimum atomic E-state index is -0.208. The fraction of sp³-hybridized carbons (Fsp3) is 0.692. The van der Waals surface area contributed by atoms with E-state index in [-0.39, 0.29) is 11.5 Å². The highest BCUT2D eigenvalue weighted by molar-refractivity contribution is 5.49. The molecule has 0 spiro atoms. The van der Waals surface area contributed by atoms with Crippen LogP contribution in [0, 0.1) is 0 Å². The van der Waals surface area contributed by atoms with E-state index in [1.807, 2.05) is 27.7 Å². The van der Waals surface area contributed by atoms with Gasteiger partial charge in [-0.15, -0.1) is 0 Å². The summed E-state index contributed by atoms with van der Waals surface area (Å²) in [7, 11) is 1.70. The maximum Gasteiger partial charge on any atom is 0.222 e. The fourth-order valence-corrected chi connectivity index (χ4v) is 1.63. The van der Waals surface area contributed by atoms with Crippen LogP contribution in [0.3, 0.4) is 0 Å². The zero-order chi connectivity index (χ0) is 14.5. The largest absolute Gasteiger partial charge is 0.477 e. The molecular weight excluding hydrogens is 244 g/mol. The molecule has 0 amide bonds. The summed E-state index contributed by atoms with van der Waals surface area (Å²) in [6.07, 6.45) is 2.22. The second kappa shape index (κ2) is 6.68. The van der Waals surface area contributed by atoms with Crippen LogP contribution in [0.5, 0.6) is 5.88 Å². The highest BCUT2D eigenvalue weighted by Gasteiger charge is 2.19. The Bertz CT molecular complexity index is 408. The number of hydrazine groups is 1. The first-order valence-electron chi connectivity index (χ1n) is 6.40. The smallest absolute Gasteiger partial charge is 0.222 e. The highest BCUT2D eigenvalue weighted by atomic mass is 16.5. The summed E-state index contributed by atoms with van der Waals surface area (Å²) in [6, 6.07) is 0. The van der Waals surface area contributed by atoms with Gasteiger partial charge in [0.15, 0.2) is 5.82 Å². The van der Waals surface area contributed by atoms with E-state index in [1.165, 1.54) is 6.33 Å². The zero-order valence-corrected chi connectivity index (χ0v) is 12.4. The summed E-state index contributed by atoms with van der Waals surface area (Å²) in [5, 5.41) is 0. The van der Waals surface area contributed by atoms with Crippen molar-refractivity contribution < 1.29 is 9.47 Å². The van der Waals surface area contributed by atoms with Crippen molar-refractivity contribution in [2.24, 2.45) is 5.84 Å². The van der Waals surface area contributed by atoms with Crippen LogP contribution in [0.2, 0.25) is 0 Å². The Morgan fingerprint density at radius 1 is 1.37 bits per heavy atom. The van der Waals surface area contributed by atoms with Crippen molar-refractivity contribution in [2.45, 2.75) is 45.6 Å². The van der Waals surface area contributed by atoms with E-state index in [1.54, 1.807) is 7.11 Å². The van der Waals surface area contributed by atoms with Gasteiger partial charge in [0.05, 0.1) is 17.8 Å². The molecule has 1 aromatic heterocycles. The van der Waals surface area contributed by atoms with Crippen molar-refractivity contribution in [3.63, 3.8) is 0 Å². The van der Waals surface area contributed by atoms with E-state index in [4.69, 9.17) is 15.3 Å². The van der Waals surface area contributed by atoms with Gasteiger partial charge in [0.1, 0.15) is 6.33 Å². The first-order chi connectivity index (χ1) is 8.91. The molecule has 0 radical (unpaired) electrons. The van der Waals surface area contributed by atoms with Crippen LogP contribution in [0.15, 0.2) is 6.33 Å². The molecule has 6 nitrogen and oxygen atoms in total. The standard InChI is InChI=1S/C13H24N4O2/c1-9(2)10-11(17-14)15-8-16-12(10)19-7-6-13(3,4)18-5/h8-9H,6-7,14H2,1-5H3,(H,15,16,17). The van der Waals surface area contributed by atoms with Crippen molar-refractivity contribution in [3.05, 3.63) is 11.9 Å². The van der Waals surface area contributed by atoms with E-state index >= 15 is 0 Å². The summed E-state index contributed by atoms with van der Waals surface area (Å²) >= 11 is 0. The molecule has 1 rings (SSSR count). The molecule has 108 valence electrons.